The van der Waals surface area contributed by atoms with Crippen LogP contribution in [0.25, 0.3) is 0 Å². The van der Waals surface area contributed by atoms with Gasteiger partial charge < -0.3 is 25.4 Å². The highest BCUT2D eigenvalue weighted by Gasteiger charge is 2.39. The number of carbonyl (C=O) groups is 4. The summed E-state index contributed by atoms with van der Waals surface area (Å²) in [5.74, 6) is -4.03. The van der Waals surface area contributed by atoms with E-state index < -0.39 is 58.4 Å². The van der Waals surface area contributed by atoms with Crippen molar-refractivity contribution >= 4 is 29.4 Å². The van der Waals surface area contributed by atoms with E-state index in [-0.39, 0.29) is 22.8 Å². The molecule has 0 saturated heterocycles. The van der Waals surface area contributed by atoms with E-state index in [1.165, 1.54) is 18.2 Å². The molecule has 42 heavy (non-hydrogen) atoms. The number of nitrogens with zero attached hydrogens (tertiary/aromatic N) is 1. The van der Waals surface area contributed by atoms with Crippen LogP contribution in [-0.2, 0) is 28.7 Å². The zero-order chi connectivity index (χ0) is 32.2. The molecule has 12 heteroatoms. The quantitative estimate of drug-likeness (QED) is 0.222. The molecule has 2 amide bonds. The van der Waals surface area contributed by atoms with Crippen LogP contribution in [0.2, 0.25) is 0 Å². The number of rotatable bonds is 9. The molecule has 1 aromatic rings. The first-order chi connectivity index (χ1) is 19.2. The van der Waals surface area contributed by atoms with Gasteiger partial charge in [-0.2, -0.15) is 0 Å². The zero-order valence-electron chi connectivity index (χ0n) is 26.0. The SMILES string of the molecule is CC1=C(C(=O)NCC(=O)OC(C)(C)C)C(c2cccc([N+](=O)[O-])c2)C(C(=O)NC(C(=O)OC(C)(C)C)C(C)C)=C(C)N1. The van der Waals surface area contributed by atoms with Gasteiger partial charge in [0.05, 0.1) is 4.92 Å². The molecule has 12 nitrogen and oxygen atoms in total. The largest absolute Gasteiger partial charge is 0.459 e. The first-order valence-electron chi connectivity index (χ1n) is 13.7. The Balaban J connectivity index is 2.57. The van der Waals surface area contributed by atoms with Gasteiger partial charge in [0.15, 0.2) is 0 Å². The van der Waals surface area contributed by atoms with E-state index >= 15 is 0 Å². The van der Waals surface area contributed by atoms with E-state index in [9.17, 15) is 29.3 Å². The van der Waals surface area contributed by atoms with E-state index in [1.807, 2.05) is 0 Å². The monoisotopic (exact) mass is 586 g/mol. The Labute approximate surface area is 246 Å². The summed E-state index contributed by atoms with van der Waals surface area (Å²) in [5, 5.41) is 19.9. The molecule has 0 saturated carbocycles. The average Bonchev–Trinajstić information content (AvgIpc) is 2.82. The number of carbonyl (C=O) groups excluding carboxylic acids is 4. The molecule has 3 N–H and O–H groups in total. The van der Waals surface area contributed by atoms with E-state index in [1.54, 1.807) is 75.3 Å². The van der Waals surface area contributed by atoms with Crippen LogP contribution in [0.1, 0.15) is 80.7 Å². The van der Waals surface area contributed by atoms with Gasteiger partial charge in [-0.3, -0.25) is 24.5 Å². The fraction of sp³-hybridized carbons (Fsp3) is 0.533. The highest BCUT2D eigenvalue weighted by molar-refractivity contribution is 6.05. The lowest BCUT2D eigenvalue weighted by atomic mass is 9.79. The highest BCUT2D eigenvalue weighted by atomic mass is 16.6. The molecule has 0 bridgehead atoms. The number of hydrogen-bond acceptors (Lipinski definition) is 9. The smallest absolute Gasteiger partial charge is 0.329 e. The molecule has 2 atom stereocenters. The molecule has 2 rings (SSSR count). The number of benzene rings is 1. The predicted molar refractivity (Wildman–Crippen MR) is 156 cm³/mol. The molecule has 0 aromatic heterocycles. The molecule has 0 fully saturated rings. The van der Waals surface area contributed by atoms with Crippen LogP contribution in [0.5, 0.6) is 0 Å². The normalized spacial score (nSPS) is 16.4. The molecule has 0 spiro atoms. The summed E-state index contributed by atoms with van der Waals surface area (Å²) >= 11 is 0. The Bertz CT molecular complexity index is 1320. The lowest BCUT2D eigenvalue weighted by molar-refractivity contribution is -0.384. The van der Waals surface area contributed by atoms with Crippen molar-refractivity contribution in [1.82, 2.24) is 16.0 Å². The van der Waals surface area contributed by atoms with E-state index in [0.29, 0.717) is 17.0 Å². The summed E-state index contributed by atoms with van der Waals surface area (Å²) in [5.41, 5.74) is -0.557. The summed E-state index contributed by atoms with van der Waals surface area (Å²) in [6.45, 7) is 16.6. The topological polar surface area (TPSA) is 166 Å². The fourth-order valence-corrected chi connectivity index (χ4v) is 4.45. The van der Waals surface area contributed by atoms with Crippen LogP contribution in [-0.4, -0.2) is 52.5 Å². The molecule has 0 aliphatic carbocycles. The van der Waals surface area contributed by atoms with Gasteiger partial charge in [0.25, 0.3) is 11.6 Å². The first-order valence-corrected chi connectivity index (χ1v) is 13.7. The third kappa shape index (κ3) is 9.15. The molecule has 0 radical (unpaired) electrons. The van der Waals surface area contributed by atoms with Crippen molar-refractivity contribution in [2.45, 2.75) is 92.4 Å². The third-order valence-corrected chi connectivity index (χ3v) is 6.09. The summed E-state index contributed by atoms with van der Waals surface area (Å²) in [4.78, 5) is 63.8. The third-order valence-electron chi connectivity index (χ3n) is 6.09. The molecule has 1 aliphatic rings. The van der Waals surface area contributed by atoms with Crippen LogP contribution in [0.3, 0.4) is 0 Å². The summed E-state index contributed by atoms with van der Waals surface area (Å²) in [6, 6.07) is 4.62. The minimum atomic E-state index is -1.07. The first kappa shape index (κ1) is 34.0. The Morgan fingerprint density at radius 1 is 0.952 bits per heavy atom. The number of dihydropyridines is 1. The van der Waals surface area contributed by atoms with E-state index in [2.05, 4.69) is 16.0 Å². The average molecular weight is 587 g/mol. The number of ether oxygens (including phenoxy) is 2. The maximum atomic E-state index is 13.9. The number of non-ortho nitro benzene ring substituents is 1. The lowest BCUT2D eigenvalue weighted by Gasteiger charge is -2.33. The van der Waals surface area contributed by atoms with Crippen molar-refractivity contribution in [2.24, 2.45) is 5.92 Å². The van der Waals surface area contributed by atoms with Crippen LogP contribution < -0.4 is 16.0 Å². The molecular formula is C30H42N4O8. The maximum absolute atomic E-state index is 13.9. The van der Waals surface area contributed by atoms with E-state index in [4.69, 9.17) is 9.47 Å². The number of hydrogen-bond donors (Lipinski definition) is 3. The Kier molecular flexibility index (Phi) is 10.7. The van der Waals surface area contributed by atoms with Crippen molar-refractivity contribution in [3.63, 3.8) is 0 Å². The van der Waals surface area contributed by atoms with Crippen molar-refractivity contribution in [1.29, 1.82) is 0 Å². The summed E-state index contributed by atoms with van der Waals surface area (Å²) in [7, 11) is 0. The number of amides is 2. The van der Waals surface area contributed by atoms with Crippen molar-refractivity contribution in [3.8, 4) is 0 Å². The van der Waals surface area contributed by atoms with Crippen molar-refractivity contribution in [3.05, 3.63) is 62.5 Å². The molecule has 1 heterocycles. The Morgan fingerprint density at radius 3 is 2.00 bits per heavy atom. The van der Waals surface area contributed by atoms with Gasteiger partial charge in [-0.1, -0.05) is 26.0 Å². The number of nitro benzene ring substituents is 1. The minimum Gasteiger partial charge on any atom is -0.459 e. The second-order valence-corrected chi connectivity index (χ2v) is 12.5. The van der Waals surface area contributed by atoms with Gasteiger partial charge in [0, 0.05) is 40.6 Å². The molecule has 2 unspecified atom stereocenters. The summed E-state index contributed by atoms with van der Waals surface area (Å²) < 4.78 is 10.8. The van der Waals surface area contributed by atoms with E-state index in [0.717, 1.165) is 0 Å². The lowest BCUT2D eigenvalue weighted by Crippen LogP contribution is -2.49. The standard InChI is InChI=1S/C30H42N4O8/c1-16(2)25(28(38)42-30(8,9)10)33-27(37)23-18(4)32-17(3)22(26(36)31-15-21(35)41-29(5,6)7)24(23)19-12-11-13-20(14-19)34(39)40/h11-14,16,24-25,32H,15H2,1-10H3,(H,31,36)(H,33,37). The van der Waals surface area contributed by atoms with Crippen LogP contribution in [0.4, 0.5) is 5.69 Å². The Hall–Kier alpha value is -4.22. The number of nitrogens with one attached hydrogen (secondary N) is 3. The second-order valence-electron chi connectivity index (χ2n) is 12.5. The minimum absolute atomic E-state index is 0.0770. The van der Waals surface area contributed by atoms with Gasteiger partial charge in [-0.15, -0.1) is 0 Å². The van der Waals surface area contributed by atoms with Crippen molar-refractivity contribution in [2.75, 3.05) is 6.54 Å². The Morgan fingerprint density at radius 2 is 1.50 bits per heavy atom. The fourth-order valence-electron chi connectivity index (χ4n) is 4.45. The zero-order valence-corrected chi connectivity index (χ0v) is 26.0. The van der Waals surface area contributed by atoms with Gasteiger partial charge in [-0.05, 0) is 66.9 Å². The maximum Gasteiger partial charge on any atom is 0.329 e. The van der Waals surface area contributed by atoms with Crippen LogP contribution >= 0.6 is 0 Å². The molecular weight excluding hydrogens is 544 g/mol. The van der Waals surface area contributed by atoms with Crippen LogP contribution in [0, 0.1) is 16.0 Å². The van der Waals surface area contributed by atoms with Gasteiger partial charge in [-0.25, -0.2) is 4.79 Å². The van der Waals surface area contributed by atoms with Crippen molar-refractivity contribution < 1.29 is 33.6 Å². The molecule has 230 valence electrons. The number of esters is 2. The van der Waals surface area contributed by atoms with Gasteiger partial charge in [0.2, 0.25) is 5.91 Å². The molecule has 1 aromatic carbocycles. The van der Waals surface area contributed by atoms with Gasteiger partial charge >= 0.3 is 11.9 Å². The predicted octanol–water partition coefficient (Wildman–Crippen LogP) is 3.77. The van der Waals surface area contributed by atoms with Gasteiger partial charge in [0.1, 0.15) is 23.8 Å². The molecule has 1 aliphatic heterocycles. The summed E-state index contributed by atoms with van der Waals surface area (Å²) in [6.07, 6.45) is 0. The number of nitro groups is 1. The van der Waals surface area contributed by atoms with Crippen LogP contribution in [0.15, 0.2) is 46.8 Å². The number of allylic oxidation sites excluding steroid dienone is 2. The highest BCUT2D eigenvalue weighted by Crippen LogP contribution is 2.39. The second kappa shape index (κ2) is 13.2.